The molecular weight excluding hydrogens is 734 g/mol. The van der Waals surface area contributed by atoms with Gasteiger partial charge in [0.2, 0.25) is 12.2 Å². The van der Waals surface area contributed by atoms with Gasteiger partial charge in [-0.3, -0.25) is 24.0 Å². The van der Waals surface area contributed by atoms with Crippen molar-refractivity contribution in [1.29, 1.82) is 0 Å². The number of carbonyl (C=O) groups excluding carboxylic acids is 5. The van der Waals surface area contributed by atoms with Gasteiger partial charge >= 0.3 is 23.9 Å². The normalized spacial score (nSPS) is 20.6. The van der Waals surface area contributed by atoms with Crippen molar-refractivity contribution in [2.75, 3.05) is 66.1 Å². The first-order valence-corrected chi connectivity index (χ1v) is 19.6. The Bertz CT molecular complexity index is 1210. The second kappa shape index (κ2) is 24.1. The fourth-order valence-corrected chi connectivity index (χ4v) is 4.58. The molecule has 0 aromatic carbocycles. The maximum atomic E-state index is 13.5. The summed E-state index contributed by atoms with van der Waals surface area (Å²) in [4.78, 5) is 66.4. The summed E-state index contributed by atoms with van der Waals surface area (Å²) < 4.78 is 51.3. The average Bonchev–Trinajstić information content (AvgIpc) is 3.07. The molecule has 16 heteroatoms. The van der Waals surface area contributed by atoms with Crippen LogP contribution >= 0.6 is 0 Å². The third-order valence-electron chi connectivity index (χ3n) is 8.06. The molecule has 0 bridgehead atoms. The van der Waals surface area contributed by atoms with Crippen molar-refractivity contribution in [1.82, 2.24) is 5.32 Å². The van der Waals surface area contributed by atoms with E-state index in [0.29, 0.717) is 65.5 Å². The number of rotatable bonds is 23. The first-order chi connectivity index (χ1) is 25.9. The zero-order valence-corrected chi connectivity index (χ0v) is 35.9. The zero-order chi connectivity index (χ0) is 42.7. The molecule has 56 heavy (non-hydrogen) atoms. The third kappa shape index (κ3) is 20.0. The van der Waals surface area contributed by atoms with Crippen molar-refractivity contribution in [3.05, 3.63) is 0 Å². The van der Waals surface area contributed by atoms with Crippen molar-refractivity contribution < 1.29 is 71.7 Å². The fourth-order valence-electron chi connectivity index (χ4n) is 4.58. The Labute approximate surface area is 333 Å². The van der Waals surface area contributed by atoms with E-state index in [2.05, 4.69) is 5.32 Å². The van der Waals surface area contributed by atoms with Gasteiger partial charge < -0.3 is 53.1 Å². The lowest BCUT2D eigenvalue weighted by molar-refractivity contribution is -0.277. The number of esters is 4. The van der Waals surface area contributed by atoms with Gasteiger partial charge in [0.15, 0.2) is 12.2 Å². The fraction of sp³-hybridized carbons (Fsp3) is 0.875. The van der Waals surface area contributed by atoms with Crippen molar-refractivity contribution in [3.63, 3.8) is 0 Å². The van der Waals surface area contributed by atoms with Crippen LogP contribution in [0.15, 0.2) is 0 Å². The lowest BCUT2D eigenvalue weighted by Crippen LogP contribution is -2.67. The molecule has 16 nitrogen and oxygen atoms in total. The van der Waals surface area contributed by atoms with E-state index in [1.54, 1.807) is 83.1 Å². The van der Waals surface area contributed by atoms with Crippen LogP contribution in [-0.4, -0.2) is 132 Å². The van der Waals surface area contributed by atoms with E-state index in [9.17, 15) is 24.0 Å². The van der Waals surface area contributed by atoms with E-state index in [0.717, 1.165) is 0 Å². The van der Waals surface area contributed by atoms with Crippen LogP contribution in [0.3, 0.4) is 0 Å². The van der Waals surface area contributed by atoms with Gasteiger partial charge in [-0.15, -0.1) is 0 Å². The zero-order valence-electron chi connectivity index (χ0n) is 35.9. The Kier molecular flexibility index (Phi) is 22.0. The second-order valence-corrected chi connectivity index (χ2v) is 17.9. The summed E-state index contributed by atoms with van der Waals surface area (Å²) in [5, 5.41) is 11.5. The number of amides is 1. The molecule has 0 saturated carbocycles. The highest BCUT2D eigenvalue weighted by molar-refractivity contribution is 5.79. The minimum Gasteiger partial charge on any atom is -0.462 e. The largest absolute Gasteiger partial charge is 0.462 e. The monoisotopic (exact) mass is 805 g/mol. The van der Waals surface area contributed by atoms with E-state index in [4.69, 9.17) is 47.7 Å². The molecule has 0 aromatic rings. The van der Waals surface area contributed by atoms with Crippen LogP contribution < -0.4 is 5.32 Å². The van der Waals surface area contributed by atoms with E-state index < -0.39 is 88.7 Å². The SMILES string of the molecule is CC(C)(C)C(=O)OC[C@H]1OC(OC(=O)C(C)(C)C)[C@H](NC(=O)CCCCCOCCOCCOCCOCCO)[C@@H](OC(=O)C(C)(C)C)[C@H]1OC(=O)C(C)(C)C. The molecule has 1 heterocycles. The molecule has 0 aromatic heterocycles. The van der Waals surface area contributed by atoms with Crippen molar-refractivity contribution >= 4 is 29.8 Å². The lowest BCUT2D eigenvalue weighted by atomic mass is 9.92. The smallest absolute Gasteiger partial charge is 0.313 e. The van der Waals surface area contributed by atoms with E-state index in [1.165, 1.54) is 0 Å². The quantitative estimate of drug-likeness (QED) is 0.0855. The molecule has 5 atom stereocenters. The van der Waals surface area contributed by atoms with Crippen molar-refractivity contribution in [3.8, 4) is 0 Å². The molecule has 1 aliphatic rings. The molecule has 1 amide bonds. The molecule has 1 unspecified atom stereocenters. The van der Waals surface area contributed by atoms with Crippen LogP contribution in [-0.2, 0) is 66.6 Å². The molecule has 326 valence electrons. The van der Waals surface area contributed by atoms with E-state index in [1.807, 2.05) is 0 Å². The van der Waals surface area contributed by atoms with Gasteiger partial charge in [0.1, 0.15) is 18.8 Å². The summed E-state index contributed by atoms with van der Waals surface area (Å²) in [6.07, 6.45) is -3.63. The van der Waals surface area contributed by atoms with Gasteiger partial charge in [-0.2, -0.15) is 0 Å². The predicted octanol–water partition coefficient (Wildman–Crippen LogP) is 3.91. The number of hydrogen-bond donors (Lipinski definition) is 2. The Balaban J connectivity index is 3.10. The number of hydrogen-bond acceptors (Lipinski definition) is 15. The minimum absolute atomic E-state index is 0.0214. The molecule has 0 radical (unpaired) electrons. The van der Waals surface area contributed by atoms with Crippen molar-refractivity contribution in [2.45, 2.75) is 139 Å². The number of unbranched alkanes of at least 4 members (excludes halogenated alkanes) is 2. The molecule has 1 saturated heterocycles. The Morgan fingerprint density at radius 2 is 0.964 bits per heavy atom. The molecule has 0 aliphatic carbocycles. The highest BCUT2D eigenvalue weighted by atomic mass is 16.7. The number of aliphatic hydroxyl groups is 1. The summed E-state index contributed by atoms with van der Waals surface area (Å²) in [5.41, 5.74) is -3.88. The Hall–Kier alpha value is -2.89. The molecule has 1 fully saturated rings. The predicted molar refractivity (Wildman–Crippen MR) is 204 cm³/mol. The molecule has 0 spiro atoms. The summed E-state index contributed by atoms with van der Waals surface area (Å²) in [7, 11) is 0. The Morgan fingerprint density at radius 3 is 1.43 bits per heavy atom. The molecule has 1 rings (SSSR count). The summed E-state index contributed by atoms with van der Waals surface area (Å²) in [5.74, 6) is -3.02. The summed E-state index contributed by atoms with van der Waals surface area (Å²) >= 11 is 0. The highest BCUT2D eigenvalue weighted by Gasteiger charge is 2.54. The maximum absolute atomic E-state index is 13.5. The highest BCUT2D eigenvalue weighted by Crippen LogP contribution is 2.33. The number of carbonyl (C=O) groups is 5. The van der Waals surface area contributed by atoms with Crippen LogP contribution in [0.1, 0.15) is 109 Å². The summed E-state index contributed by atoms with van der Waals surface area (Å²) in [6, 6.07) is -1.30. The number of ether oxygens (including phenoxy) is 9. The first-order valence-electron chi connectivity index (χ1n) is 19.6. The standard InChI is InChI=1S/C40H71NO15/c1-37(2,3)33(44)52-26-27-30(54-34(45)38(4,5)6)31(55-35(46)39(7,8)9)29(32(53-27)56-36(47)40(10,11)12)41-28(43)16-14-13-15-18-48-20-22-50-24-25-51-23-21-49-19-17-42/h27,29-32,42H,13-26H2,1-12H3,(H,41,43)/t27-,29-,30+,31-,32?/m1/s1. The summed E-state index contributed by atoms with van der Waals surface area (Å²) in [6.45, 7) is 22.6. The van der Waals surface area contributed by atoms with Crippen LogP contribution in [0.2, 0.25) is 0 Å². The van der Waals surface area contributed by atoms with E-state index in [-0.39, 0.29) is 19.6 Å². The van der Waals surface area contributed by atoms with Gasteiger partial charge in [-0.1, -0.05) is 6.42 Å². The van der Waals surface area contributed by atoms with Crippen LogP contribution in [0.4, 0.5) is 0 Å². The molecular formula is C40H71NO15. The Morgan fingerprint density at radius 1 is 0.536 bits per heavy atom. The topological polar surface area (TPSA) is 201 Å². The van der Waals surface area contributed by atoms with Crippen molar-refractivity contribution in [2.24, 2.45) is 21.7 Å². The minimum atomic E-state index is -1.51. The van der Waals surface area contributed by atoms with Gasteiger partial charge in [-0.05, 0) is 95.9 Å². The average molecular weight is 806 g/mol. The van der Waals surface area contributed by atoms with Gasteiger partial charge in [0, 0.05) is 13.0 Å². The van der Waals surface area contributed by atoms with Crippen LogP contribution in [0.25, 0.3) is 0 Å². The van der Waals surface area contributed by atoms with Gasteiger partial charge in [-0.25, -0.2) is 0 Å². The second-order valence-electron chi connectivity index (χ2n) is 17.9. The van der Waals surface area contributed by atoms with Gasteiger partial charge in [0.25, 0.3) is 0 Å². The van der Waals surface area contributed by atoms with Crippen LogP contribution in [0.5, 0.6) is 0 Å². The van der Waals surface area contributed by atoms with E-state index >= 15 is 0 Å². The maximum Gasteiger partial charge on any atom is 0.313 e. The number of aliphatic hydroxyl groups excluding tert-OH is 1. The lowest BCUT2D eigenvalue weighted by Gasteiger charge is -2.46. The molecule has 1 aliphatic heterocycles. The van der Waals surface area contributed by atoms with Crippen LogP contribution in [0, 0.1) is 21.7 Å². The first kappa shape index (κ1) is 51.1. The van der Waals surface area contributed by atoms with Gasteiger partial charge in [0.05, 0.1) is 74.5 Å². The number of nitrogens with one attached hydrogen (secondary N) is 1. The third-order valence-corrected chi connectivity index (χ3v) is 8.06. The molecule has 2 N–H and O–H groups in total.